The summed E-state index contributed by atoms with van der Waals surface area (Å²) in [5.41, 5.74) is 1.79. The van der Waals surface area contributed by atoms with E-state index in [4.69, 9.17) is 4.74 Å². The van der Waals surface area contributed by atoms with Gasteiger partial charge in [0.05, 0.1) is 7.11 Å². The van der Waals surface area contributed by atoms with Crippen molar-refractivity contribution in [1.82, 2.24) is 14.9 Å². The van der Waals surface area contributed by atoms with Crippen LogP contribution in [0.4, 0.5) is 5.69 Å². The van der Waals surface area contributed by atoms with Gasteiger partial charge in [-0.25, -0.2) is 0 Å². The molecule has 162 valence electrons. The number of nitrogens with one attached hydrogen (secondary N) is 1. The number of methoxy groups -OCH3 is 1. The van der Waals surface area contributed by atoms with Crippen molar-refractivity contribution in [1.29, 1.82) is 0 Å². The predicted molar refractivity (Wildman–Crippen MR) is 122 cm³/mol. The van der Waals surface area contributed by atoms with Crippen LogP contribution in [-0.4, -0.2) is 34.1 Å². The summed E-state index contributed by atoms with van der Waals surface area (Å²) >= 11 is 1.08. The smallest absolute Gasteiger partial charge is 0.280 e. The second kappa shape index (κ2) is 9.26. The average molecular weight is 439 g/mol. The van der Waals surface area contributed by atoms with Crippen molar-refractivity contribution in [3.8, 4) is 5.75 Å². The van der Waals surface area contributed by atoms with E-state index in [0.29, 0.717) is 17.0 Å². The molecule has 0 fully saturated rings. The molecule has 8 heteroatoms. The number of hydrogen-bond donors (Lipinski definition) is 1. The lowest BCUT2D eigenvalue weighted by Crippen LogP contribution is -2.49. The molecule has 3 rings (SSSR count). The van der Waals surface area contributed by atoms with Gasteiger partial charge in [0.1, 0.15) is 11.8 Å². The number of para-hydroxylation sites is 1. The highest BCUT2D eigenvalue weighted by atomic mass is 32.1. The molecule has 3 aromatic rings. The Balaban J connectivity index is 2.23. The van der Waals surface area contributed by atoms with Crippen LogP contribution in [0, 0.1) is 6.92 Å². The summed E-state index contributed by atoms with van der Waals surface area (Å²) in [7, 11) is 1.54. The average Bonchev–Trinajstić information content (AvgIpc) is 3.25. The fourth-order valence-electron chi connectivity index (χ4n) is 3.27. The Labute approximate surface area is 186 Å². The van der Waals surface area contributed by atoms with Gasteiger partial charge in [-0.15, -0.1) is 5.10 Å². The minimum atomic E-state index is -0.980. The third kappa shape index (κ3) is 5.27. The Bertz CT molecular complexity index is 1060. The Morgan fingerprint density at radius 1 is 1.13 bits per heavy atom. The lowest BCUT2D eigenvalue weighted by Gasteiger charge is -2.34. The van der Waals surface area contributed by atoms with Crippen LogP contribution in [0.5, 0.6) is 5.75 Å². The zero-order chi connectivity index (χ0) is 22.6. The molecule has 0 radical (unpaired) electrons. The second-order valence-electron chi connectivity index (χ2n) is 8.19. The first-order valence-corrected chi connectivity index (χ1v) is 10.7. The minimum absolute atomic E-state index is 0.176. The molecule has 31 heavy (non-hydrogen) atoms. The Kier molecular flexibility index (Phi) is 6.70. The van der Waals surface area contributed by atoms with Gasteiger partial charge in [0, 0.05) is 22.2 Å². The van der Waals surface area contributed by atoms with Crippen molar-refractivity contribution >= 4 is 29.0 Å². The third-order valence-corrected chi connectivity index (χ3v) is 5.02. The molecular formula is C23H26N4O3S. The summed E-state index contributed by atoms with van der Waals surface area (Å²) in [5.74, 6) is -0.229. The van der Waals surface area contributed by atoms with E-state index < -0.39 is 17.5 Å². The Morgan fingerprint density at radius 2 is 1.87 bits per heavy atom. The topological polar surface area (TPSA) is 84.4 Å². The van der Waals surface area contributed by atoms with Crippen molar-refractivity contribution < 1.29 is 14.3 Å². The number of anilines is 1. The summed E-state index contributed by atoms with van der Waals surface area (Å²) < 4.78 is 9.37. The summed E-state index contributed by atoms with van der Waals surface area (Å²) in [6, 6.07) is 13.7. The molecule has 7 nitrogen and oxygen atoms in total. The molecule has 2 amide bonds. The maximum atomic E-state index is 13.6. The number of carbonyl (C=O) groups excluding carboxylic acids is 2. The molecule has 1 aromatic heterocycles. The highest BCUT2D eigenvalue weighted by Crippen LogP contribution is 2.35. The van der Waals surface area contributed by atoms with Crippen LogP contribution < -0.4 is 15.0 Å². The van der Waals surface area contributed by atoms with Gasteiger partial charge in [-0.2, -0.15) is 0 Å². The number of nitrogens with zero attached hydrogens (tertiary/aromatic N) is 3. The Morgan fingerprint density at radius 3 is 2.48 bits per heavy atom. The van der Waals surface area contributed by atoms with Gasteiger partial charge in [-0.05, 0) is 63.0 Å². The van der Waals surface area contributed by atoms with E-state index in [9.17, 15) is 9.59 Å². The molecule has 0 aliphatic carbocycles. The first-order valence-electron chi connectivity index (χ1n) is 9.83. The summed E-state index contributed by atoms with van der Waals surface area (Å²) in [5, 5.41) is 8.54. The first-order chi connectivity index (χ1) is 14.7. The van der Waals surface area contributed by atoms with Gasteiger partial charge in [0.25, 0.3) is 5.91 Å². The van der Waals surface area contributed by atoms with Gasteiger partial charge in [0.15, 0.2) is 5.69 Å². The van der Waals surface area contributed by atoms with E-state index >= 15 is 0 Å². The van der Waals surface area contributed by atoms with Crippen LogP contribution in [0.3, 0.4) is 0 Å². The van der Waals surface area contributed by atoms with Crippen LogP contribution in [0.1, 0.15) is 48.4 Å². The van der Waals surface area contributed by atoms with Crippen molar-refractivity contribution in [3.63, 3.8) is 0 Å². The quantitative estimate of drug-likeness (QED) is 0.625. The largest absolute Gasteiger partial charge is 0.496 e. The monoisotopic (exact) mass is 438 g/mol. The summed E-state index contributed by atoms with van der Waals surface area (Å²) in [4.78, 5) is 28.7. The number of amides is 2. The molecule has 0 saturated heterocycles. The Hall–Kier alpha value is -3.26. The third-order valence-electron chi connectivity index (χ3n) is 4.52. The second-order valence-corrected chi connectivity index (χ2v) is 8.80. The standard InChI is InChI=1S/C23H26N4O3S/c1-15-9-8-10-16(13-15)27(22(29)18-14-31-26-25-18)20(21(28)24-23(2,3)4)17-11-6-7-12-19(17)30-5/h6-14,20H,1-5H3,(H,24,28). The molecule has 0 bridgehead atoms. The number of ether oxygens (including phenoxy) is 1. The van der Waals surface area contributed by atoms with E-state index in [1.165, 1.54) is 4.90 Å². The molecule has 1 N–H and O–H groups in total. The van der Waals surface area contributed by atoms with Gasteiger partial charge in [-0.3, -0.25) is 14.5 Å². The SMILES string of the molecule is COc1ccccc1C(C(=O)NC(C)(C)C)N(C(=O)c1csnn1)c1cccc(C)c1. The number of carbonyl (C=O) groups is 2. The number of benzene rings is 2. The van der Waals surface area contributed by atoms with Crippen LogP contribution >= 0.6 is 11.5 Å². The zero-order valence-electron chi connectivity index (χ0n) is 18.2. The molecule has 0 aliphatic heterocycles. The number of aryl methyl sites for hydroxylation is 1. The van der Waals surface area contributed by atoms with E-state index in [0.717, 1.165) is 17.1 Å². The molecule has 1 atom stereocenters. The highest BCUT2D eigenvalue weighted by molar-refractivity contribution is 7.03. The molecule has 1 unspecified atom stereocenters. The van der Waals surface area contributed by atoms with E-state index in [1.54, 1.807) is 30.7 Å². The van der Waals surface area contributed by atoms with Crippen molar-refractivity contribution in [3.05, 3.63) is 70.7 Å². The van der Waals surface area contributed by atoms with E-state index in [1.807, 2.05) is 58.0 Å². The number of aromatic nitrogens is 2. The van der Waals surface area contributed by atoms with E-state index in [-0.39, 0.29) is 11.6 Å². The summed E-state index contributed by atoms with van der Waals surface area (Å²) in [6.45, 7) is 7.62. The fourth-order valence-corrected chi connectivity index (χ4v) is 3.70. The molecular weight excluding hydrogens is 412 g/mol. The highest BCUT2D eigenvalue weighted by Gasteiger charge is 2.37. The molecule has 0 saturated carbocycles. The van der Waals surface area contributed by atoms with Crippen molar-refractivity contribution in [2.45, 2.75) is 39.3 Å². The number of hydrogen-bond acceptors (Lipinski definition) is 6. The van der Waals surface area contributed by atoms with E-state index in [2.05, 4.69) is 14.9 Å². The van der Waals surface area contributed by atoms with Crippen molar-refractivity contribution in [2.75, 3.05) is 12.0 Å². The first kappa shape index (κ1) is 22.4. The van der Waals surface area contributed by atoms with Gasteiger partial charge in [0.2, 0.25) is 5.91 Å². The van der Waals surface area contributed by atoms with Gasteiger partial charge in [-0.1, -0.05) is 34.8 Å². The normalized spacial score (nSPS) is 12.2. The van der Waals surface area contributed by atoms with Crippen LogP contribution in [-0.2, 0) is 4.79 Å². The molecule has 2 aromatic carbocycles. The van der Waals surface area contributed by atoms with Crippen LogP contribution in [0.15, 0.2) is 53.9 Å². The van der Waals surface area contributed by atoms with Crippen LogP contribution in [0.2, 0.25) is 0 Å². The molecule has 0 aliphatic rings. The summed E-state index contributed by atoms with van der Waals surface area (Å²) in [6.07, 6.45) is 0. The predicted octanol–water partition coefficient (Wildman–Crippen LogP) is 4.16. The van der Waals surface area contributed by atoms with Gasteiger partial charge >= 0.3 is 0 Å². The van der Waals surface area contributed by atoms with Crippen molar-refractivity contribution in [2.24, 2.45) is 0 Å². The molecule has 0 spiro atoms. The zero-order valence-corrected chi connectivity index (χ0v) is 19.1. The van der Waals surface area contributed by atoms with Gasteiger partial charge < -0.3 is 10.1 Å². The fraction of sp³-hybridized carbons (Fsp3) is 0.304. The lowest BCUT2D eigenvalue weighted by atomic mass is 9.99. The molecule has 1 heterocycles. The lowest BCUT2D eigenvalue weighted by molar-refractivity contribution is -0.123. The van der Waals surface area contributed by atoms with Crippen LogP contribution in [0.25, 0.3) is 0 Å². The number of rotatable bonds is 6. The maximum absolute atomic E-state index is 13.6. The maximum Gasteiger partial charge on any atom is 0.280 e. The minimum Gasteiger partial charge on any atom is -0.496 e.